The summed E-state index contributed by atoms with van der Waals surface area (Å²) in [6.45, 7) is -0.489. The Bertz CT molecular complexity index is 1140. The summed E-state index contributed by atoms with van der Waals surface area (Å²) in [6, 6.07) is 8.33. The number of terminal acetylenes is 1. The van der Waals surface area contributed by atoms with Gasteiger partial charge in [0.25, 0.3) is 17.1 Å². The van der Waals surface area contributed by atoms with Crippen LogP contribution in [0.3, 0.4) is 0 Å². The molecule has 1 heterocycles. The molecular formula is C22H16ClFN2O5S. The number of amides is 3. The number of halogens is 2. The molecule has 2 aromatic rings. The first-order valence-corrected chi connectivity index (χ1v) is 10.3. The lowest BCUT2D eigenvalue weighted by molar-refractivity contribution is -0.122. The van der Waals surface area contributed by atoms with E-state index in [9.17, 15) is 18.8 Å². The Kier molecular flexibility index (Phi) is 7.41. The van der Waals surface area contributed by atoms with Crippen LogP contribution in [0.5, 0.6) is 11.5 Å². The highest BCUT2D eigenvalue weighted by molar-refractivity contribution is 8.18. The quantitative estimate of drug-likeness (QED) is 0.479. The Balaban J connectivity index is 1.73. The summed E-state index contributed by atoms with van der Waals surface area (Å²) in [5, 5.41) is 2.24. The van der Waals surface area contributed by atoms with E-state index in [1.54, 1.807) is 6.07 Å². The highest BCUT2D eigenvalue weighted by atomic mass is 35.5. The van der Waals surface area contributed by atoms with Crippen LogP contribution in [0.25, 0.3) is 6.08 Å². The molecule has 3 amide bonds. The van der Waals surface area contributed by atoms with Gasteiger partial charge in [0, 0.05) is 5.69 Å². The third-order valence-corrected chi connectivity index (χ3v) is 5.34. The van der Waals surface area contributed by atoms with Crippen molar-refractivity contribution >= 4 is 52.2 Å². The van der Waals surface area contributed by atoms with E-state index in [0.29, 0.717) is 11.3 Å². The molecule has 32 heavy (non-hydrogen) atoms. The van der Waals surface area contributed by atoms with E-state index in [-0.39, 0.29) is 34.6 Å². The van der Waals surface area contributed by atoms with Crippen LogP contribution in [0.4, 0.5) is 14.9 Å². The molecule has 0 aliphatic carbocycles. The van der Waals surface area contributed by atoms with Crippen LogP contribution < -0.4 is 14.8 Å². The molecule has 0 atom stereocenters. The molecule has 1 saturated heterocycles. The van der Waals surface area contributed by atoms with Crippen LogP contribution in [0.1, 0.15) is 5.56 Å². The van der Waals surface area contributed by atoms with E-state index in [0.717, 1.165) is 16.7 Å². The fourth-order valence-electron chi connectivity index (χ4n) is 2.71. The van der Waals surface area contributed by atoms with Gasteiger partial charge in [0.2, 0.25) is 0 Å². The largest absolute Gasteiger partial charge is 0.493 e. The topological polar surface area (TPSA) is 84.9 Å². The number of benzene rings is 2. The van der Waals surface area contributed by atoms with Gasteiger partial charge < -0.3 is 14.8 Å². The van der Waals surface area contributed by atoms with Crippen LogP contribution in [0.2, 0.25) is 5.02 Å². The van der Waals surface area contributed by atoms with Gasteiger partial charge in [0.1, 0.15) is 5.82 Å². The van der Waals surface area contributed by atoms with Gasteiger partial charge in [-0.25, -0.2) is 4.39 Å². The maximum atomic E-state index is 13.0. The normalized spacial score (nSPS) is 14.4. The number of anilines is 1. The number of thioether (sulfide) groups is 1. The van der Waals surface area contributed by atoms with E-state index < -0.39 is 22.9 Å². The molecule has 10 heteroatoms. The smallest absolute Gasteiger partial charge is 0.294 e. The van der Waals surface area contributed by atoms with E-state index >= 15 is 0 Å². The lowest BCUT2D eigenvalue weighted by Crippen LogP contribution is -2.28. The maximum absolute atomic E-state index is 13.0. The maximum Gasteiger partial charge on any atom is 0.294 e. The van der Waals surface area contributed by atoms with E-state index in [1.807, 2.05) is 0 Å². The Morgan fingerprint density at radius 3 is 2.69 bits per heavy atom. The Hall–Kier alpha value is -3.48. The molecule has 0 spiro atoms. The molecule has 1 aliphatic heterocycles. The van der Waals surface area contributed by atoms with Crippen molar-refractivity contribution in [2.45, 2.75) is 0 Å². The van der Waals surface area contributed by atoms with Crippen molar-refractivity contribution in [1.82, 2.24) is 4.90 Å². The van der Waals surface area contributed by atoms with Gasteiger partial charge in [-0.3, -0.25) is 19.3 Å². The monoisotopic (exact) mass is 474 g/mol. The van der Waals surface area contributed by atoms with Crippen LogP contribution in [-0.4, -0.2) is 42.2 Å². The van der Waals surface area contributed by atoms with Gasteiger partial charge in [0.05, 0.1) is 23.6 Å². The molecule has 1 aliphatic rings. The number of rotatable bonds is 7. The third kappa shape index (κ3) is 5.41. The van der Waals surface area contributed by atoms with Crippen molar-refractivity contribution in [2.75, 3.05) is 25.6 Å². The second-order valence-corrected chi connectivity index (χ2v) is 7.75. The summed E-state index contributed by atoms with van der Waals surface area (Å²) in [6.07, 6.45) is 6.67. The number of methoxy groups -OCH3 is 1. The predicted octanol–water partition coefficient (Wildman–Crippen LogP) is 4.17. The lowest BCUT2D eigenvalue weighted by atomic mass is 10.1. The number of carbonyl (C=O) groups excluding carboxylic acids is 3. The second-order valence-electron chi connectivity index (χ2n) is 6.35. The van der Waals surface area contributed by atoms with Crippen molar-refractivity contribution in [3.05, 3.63) is 57.7 Å². The predicted molar refractivity (Wildman–Crippen MR) is 120 cm³/mol. The zero-order valence-corrected chi connectivity index (χ0v) is 18.3. The molecular weight excluding hydrogens is 459 g/mol. The summed E-state index contributed by atoms with van der Waals surface area (Å²) in [5.41, 5.74) is 0.897. The average Bonchev–Trinajstić information content (AvgIpc) is 3.02. The molecule has 1 fully saturated rings. The molecule has 2 aromatic carbocycles. The number of hydrogen-bond acceptors (Lipinski definition) is 6. The fraction of sp³-hybridized carbons (Fsp3) is 0.136. The van der Waals surface area contributed by atoms with Crippen LogP contribution >= 0.6 is 23.4 Å². The van der Waals surface area contributed by atoms with Crippen LogP contribution in [-0.2, 0) is 9.59 Å². The summed E-state index contributed by atoms with van der Waals surface area (Å²) < 4.78 is 23.8. The number of imide groups is 1. The highest BCUT2D eigenvalue weighted by Gasteiger charge is 2.34. The van der Waals surface area contributed by atoms with E-state index in [2.05, 4.69) is 11.2 Å². The van der Waals surface area contributed by atoms with Gasteiger partial charge in [-0.2, -0.15) is 0 Å². The molecule has 0 radical (unpaired) electrons. The minimum Gasteiger partial charge on any atom is -0.493 e. The lowest BCUT2D eigenvalue weighted by Gasteiger charge is -2.13. The minimum absolute atomic E-state index is 0.112. The number of carbonyl (C=O) groups is 3. The van der Waals surface area contributed by atoms with Crippen molar-refractivity contribution in [3.8, 4) is 23.8 Å². The second kappa shape index (κ2) is 10.2. The number of hydrogen-bond donors (Lipinski definition) is 1. The summed E-state index contributed by atoms with van der Waals surface area (Å²) in [4.78, 5) is 37.5. The molecule has 0 saturated carbocycles. The van der Waals surface area contributed by atoms with Crippen molar-refractivity contribution in [2.24, 2.45) is 0 Å². The summed E-state index contributed by atoms with van der Waals surface area (Å²) >= 11 is 7.07. The Labute approximate surface area is 192 Å². The van der Waals surface area contributed by atoms with Crippen molar-refractivity contribution in [3.63, 3.8) is 0 Å². The molecule has 7 nitrogen and oxygen atoms in total. The average molecular weight is 475 g/mol. The van der Waals surface area contributed by atoms with E-state index in [1.165, 1.54) is 43.5 Å². The van der Waals surface area contributed by atoms with Crippen molar-refractivity contribution < 1.29 is 28.2 Å². The Morgan fingerprint density at radius 2 is 2.03 bits per heavy atom. The standard InChI is InChI=1S/C22H16ClFN2O5S/c1-3-8-26-21(28)18(32-22(26)29)11-13-9-16(23)20(17(10-13)30-2)31-12-19(27)25-15-6-4-14(24)5-7-15/h1,4-7,9-11H,8,12H2,2H3,(H,25,27)/b18-11+. The first kappa shape index (κ1) is 23.2. The van der Waals surface area contributed by atoms with Crippen LogP contribution in [0, 0.1) is 18.2 Å². The highest BCUT2D eigenvalue weighted by Crippen LogP contribution is 2.39. The molecule has 164 valence electrons. The number of nitrogens with zero attached hydrogens (tertiary/aromatic N) is 1. The third-order valence-electron chi connectivity index (χ3n) is 4.15. The number of nitrogens with one attached hydrogen (secondary N) is 1. The SMILES string of the molecule is C#CCN1C(=O)S/C(=C/c2cc(Cl)c(OCC(=O)Nc3ccc(F)cc3)c(OC)c2)C1=O. The van der Waals surface area contributed by atoms with Gasteiger partial charge in [-0.15, -0.1) is 6.42 Å². The fourth-order valence-corrected chi connectivity index (χ4v) is 3.82. The molecule has 3 rings (SSSR count). The Morgan fingerprint density at radius 1 is 1.31 bits per heavy atom. The van der Waals surface area contributed by atoms with Crippen molar-refractivity contribution in [1.29, 1.82) is 0 Å². The van der Waals surface area contributed by atoms with E-state index in [4.69, 9.17) is 27.5 Å². The zero-order valence-electron chi connectivity index (χ0n) is 16.7. The minimum atomic E-state index is -0.495. The molecule has 0 unspecified atom stereocenters. The first-order chi connectivity index (χ1) is 15.3. The van der Waals surface area contributed by atoms with Gasteiger partial charge >= 0.3 is 0 Å². The molecule has 0 aromatic heterocycles. The first-order valence-electron chi connectivity index (χ1n) is 9.07. The summed E-state index contributed by atoms with van der Waals surface area (Å²) in [5.74, 6) is 1.22. The molecule has 0 bridgehead atoms. The van der Waals surface area contributed by atoms with Crippen LogP contribution in [0.15, 0.2) is 41.3 Å². The van der Waals surface area contributed by atoms with Gasteiger partial charge in [-0.1, -0.05) is 17.5 Å². The number of ether oxygens (including phenoxy) is 2. The summed E-state index contributed by atoms with van der Waals surface area (Å²) in [7, 11) is 1.39. The van der Waals surface area contributed by atoms with Gasteiger partial charge in [-0.05, 0) is 59.8 Å². The zero-order chi connectivity index (χ0) is 23.3. The molecule has 1 N–H and O–H groups in total. The van der Waals surface area contributed by atoms with Gasteiger partial charge in [0.15, 0.2) is 18.1 Å².